The van der Waals surface area contributed by atoms with Crippen molar-refractivity contribution in [1.82, 2.24) is 5.48 Å². The second-order valence-electron chi connectivity index (χ2n) is 5.16. The molecule has 0 aliphatic heterocycles. The Morgan fingerprint density at radius 3 is 2.71 bits per heavy atom. The third kappa shape index (κ3) is 0.883. The first-order valence-corrected chi connectivity index (χ1v) is 5.09. The van der Waals surface area contributed by atoms with Gasteiger partial charge >= 0.3 is 0 Å². The Labute approximate surface area is 84.1 Å². The Morgan fingerprint density at radius 1 is 1.64 bits per heavy atom. The molecule has 0 aromatic carbocycles. The first-order valence-electron chi connectivity index (χ1n) is 5.09. The minimum atomic E-state index is -0.483. The summed E-state index contributed by atoms with van der Waals surface area (Å²) >= 11 is 0. The second-order valence-corrected chi connectivity index (χ2v) is 5.16. The van der Waals surface area contributed by atoms with E-state index in [-0.39, 0.29) is 11.3 Å². The highest BCUT2D eigenvalue weighted by molar-refractivity contribution is 5.86. The number of nitrogens with one attached hydrogen (secondary N) is 1. The summed E-state index contributed by atoms with van der Waals surface area (Å²) < 4.78 is 0. The van der Waals surface area contributed by atoms with Gasteiger partial charge in [0.15, 0.2) is 0 Å². The van der Waals surface area contributed by atoms with Crippen molar-refractivity contribution in [2.45, 2.75) is 33.1 Å². The number of carbonyl (C=O) groups is 1. The van der Waals surface area contributed by atoms with Crippen LogP contribution in [0.2, 0.25) is 0 Å². The normalized spacial score (nSPS) is 38.8. The Morgan fingerprint density at radius 2 is 2.29 bits per heavy atom. The Bertz CT molecular complexity index is 308. The number of rotatable bonds is 1. The van der Waals surface area contributed by atoms with Gasteiger partial charge in [-0.25, -0.2) is 5.48 Å². The minimum absolute atomic E-state index is 0.0464. The molecule has 0 aromatic rings. The molecule has 78 valence electrons. The van der Waals surface area contributed by atoms with Crippen LogP contribution in [0, 0.1) is 16.7 Å². The minimum Gasteiger partial charge on any atom is -0.289 e. The quantitative estimate of drug-likeness (QED) is 0.381. The highest BCUT2D eigenvalue weighted by Gasteiger charge is 2.60. The molecule has 3 nitrogen and oxygen atoms in total. The van der Waals surface area contributed by atoms with Crippen molar-refractivity contribution in [3.05, 3.63) is 12.2 Å². The third-order valence-electron chi connectivity index (χ3n) is 4.43. The van der Waals surface area contributed by atoms with Gasteiger partial charge in [-0.15, -0.1) is 0 Å². The SMILES string of the molecule is C=C1C(C)(C)[C@@H]2CC[C@]1(C(=O)NO)C2. The summed E-state index contributed by atoms with van der Waals surface area (Å²) in [5.74, 6) is 0.280. The number of hydrogen-bond donors (Lipinski definition) is 2. The molecule has 0 unspecified atom stereocenters. The van der Waals surface area contributed by atoms with Gasteiger partial charge < -0.3 is 0 Å². The van der Waals surface area contributed by atoms with E-state index in [4.69, 9.17) is 5.21 Å². The van der Waals surface area contributed by atoms with Crippen molar-refractivity contribution in [2.24, 2.45) is 16.7 Å². The zero-order chi connectivity index (χ0) is 10.6. The molecule has 2 bridgehead atoms. The summed E-state index contributed by atoms with van der Waals surface area (Å²) in [6, 6.07) is 0. The van der Waals surface area contributed by atoms with Crippen LogP contribution in [-0.2, 0) is 4.79 Å². The Balaban J connectivity index is 2.40. The number of amides is 1. The molecule has 2 aliphatic carbocycles. The molecule has 14 heavy (non-hydrogen) atoms. The van der Waals surface area contributed by atoms with E-state index in [1.807, 2.05) is 0 Å². The summed E-state index contributed by atoms with van der Waals surface area (Å²) in [6.45, 7) is 8.35. The number of carbonyl (C=O) groups excluding carboxylic acids is 1. The van der Waals surface area contributed by atoms with Crippen molar-refractivity contribution in [2.75, 3.05) is 0 Å². The molecule has 0 aromatic heterocycles. The molecule has 2 rings (SSSR count). The maximum absolute atomic E-state index is 11.7. The summed E-state index contributed by atoms with van der Waals surface area (Å²) in [4.78, 5) is 11.7. The fourth-order valence-corrected chi connectivity index (χ4v) is 3.25. The molecular weight excluding hydrogens is 178 g/mol. The average molecular weight is 195 g/mol. The summed E-state index contributed by atoms with van der Waals surface area (Å²) in [5.41, 5.74) is 2.35. The van der Waals surface area contributed by atoms with Gasteiger partial charge in [0.05, 0.1) is 5.41 Å². The topological polar surface area (TPSA) is 49.3 Å². The molecule has 2 aliphatic rings. The van der Waals surface area contributed by atoms with Crippen LogP contribution >= 0.6 is 0 Å². The number of hydrogen-bond acceptors (Lipinski definition) is 2. The van der Waals surface area contributed by atoms with E-state index in [2.05, 4.69) is 20.4 Å². The fraction of sp³-hybridized carbons (Fsp3) is 0.727. The fourth-order valence-electron chi connectivity index (χ4n) is 3.25. The maximum atomic E-state index is 11.7. The van der Waals surface area contributed by atoms with Crippen LogP contribution in [-0.4, -0.2) is 11.1 Å². The molecule has 2 N–H and O–H groups in total. The highest BCUT2D eigenvalue weighted by Crippen LogP contribution is 2.65. The van der Waals surface area contributed by atoms with E-state index in [0.717, 1.165) is 24.8 Å². The summed E-state index contributed by atoms with van der Waals surface area (Å²) in [7, 11) is 0. The molecule has 2 fully saturated rings. The van der Waals surface area contributed by atoms with Gasteiger partial charge in [-0.05, 0) is 30.6 Å². The molecule has 0 spiro atoms. The standard InChI is InChI=1S/C11H17NO2/c1-7-10(2,3)8-4-5-11(7,6-8)9(13)12-14/h8,14H,1,4-6H2,2-3H3,(H,12,13)/t8-,11+/m1/s1. The molecule has 0 radical (unpaired) electrons. The van der Waals surface area contributed by atoms with Crippen LogP contribution in [0.25, 0.3) is 0 Å². The first kappa shape index (κ1) is 9.71. The van der Waals surface area contributed by atoms with Crippen LogP contribution in [0.4, 0.5) is 0 Å². The molecule has 0 saturated heterocycles. The molecular formula is C11H17NO2. The van der Waals surface area contributed by atoms with E-state index in [1.54, 1.807) is 5.48 Å². The van der Waals surface area contributed by atoms with E-state index in [9.17, 15) is 4.79 Å². The van der Waals surface area contributed by atoms with Crippen LogP contribution < -0.4 is 5.48 Å². The van der Waals surface area contributed by atoms with E-state index < -0.39 is 5.41 Å². The molecule has 2 saturated carbocycles. The lowest BCUT2D eigenvalue weighted by Gasteiger charge is -2.36. The van der Waals surface area contributed by atoms with Gasteiger partial charge in [0.2, 0.25) is 0 Å². The second kappa shape index (κ2) is 2.60. The highest BCUT2D eigenvalue weighted by atomic mass is 16.5. The molecule has 3 heteroatoms. The van der Waals surface area contributed by atoms with Crippen LogP contribution in [0.15, 0.2) is 12.2 Å². The first-order chi connectivity index (χ1) is 6.45. The van der Waals surface area contributed by atoms with Crippen molar-refractivity contribution >= 4 is 5.91 Å². The lowest BCUT2D eigenvalue weighted by molar-refractivity contribution is -0.137. The zero-order valence-corrected chi connectivity index (χ0v) is 8.76. The predicted octanol–water partition coefficient (Wildman–Crippen LogP) is 1.87. The monoisotopic (exact) mass is 195 g/mol. The number of fused-ring (bicyclic) bond motifs is 2. The lowest BCUT2D eigenvalue weighted by atomic mass is 9.68. The molecule has 1 amide bonds. The van der Waals surface area contributed by atoms with Crippen molar-refractivity contribution in [1.29, 1.82) is 0 Å². The third-order valence-corrected chi connectivity index (χ3v) is 4.43. The van der Waals surface area contributed by atoms with Gasteiger partial charge in [0.1, 0.15) is 0 Å². The van der Waals surface area contributed by atoms with Gasteiger partial charge in [0, 0.05) is 0 Å². The maximum Gasteiger partial charge on any atom is 0.253 e. The van der Waals surface area contributed by atoms with Gasteiger partial charge in [-0.3, -0.25) is 10.0 Å². The van der Waals surface area contributed by atoms with Crippen LogP contribution in [0.5, 0.6) is 0 Å². The van der Waals surface area contributed by atoms with Crippen molar-refractivity contribution < 1.29 is 10.0 Å². The Hall–Kier alpha value is -0.830. The predicted molar refractivity (Wildman–Crippen MR) is 52.6 cm³/mol. The van der Waals surface area contributed by atoms with Gasteiger partial charge in [0.25, 0.3) is 5.91 Å². The van der Waals surface area contributed by atoms with E-state index in [1.165, 1.54) is 0 Å². The van der Waals surface area contributed by atoms with Crippen LogP contribution in [0.1, 0.15) is 33.1 Å². The van der Waals surface area contributed by atoms with Gasteiger partial charge in [-0.2, -0.15) is 0 Å². The molecule has 0 heterocycles. The van der Waals surface area contributed by atoms with Crippen molar-refractivity contribution in [3.63, 3.8) is 0 Å². The zero-order valence-electron chi connectivity index (χ0n) is 8.76. The number of hydroxylamine groups is 1. The summed E-state index contributed by atoms with van der Waals surface area (Å²) in [6.07, 6.45) is 2.76. The van der Waals surface area contributed by atoms with Gasteiger partial charge in [-0.1, -0.05) is 26.0 Å². The van der Waals surface area contributed by atoms with Crippen molar-refractivity contribution in [3.8, 4) is 0 Å². The van der Waals surface area contributed by atoms with E-state index in [0.29, 0.717) is 5.92 Å². The largest absolute Gasteiger partial charge is 0.289 e. The smallest absolute Gasteiger partial charge is 0.253 e. The Kier molecular flexibility index (Phi) is 1.80. The average Bonchev–Trinajstić information content (AvgIpc) is 2.66. The lowest BCUT2D eigenvalue weighted by Crippen LogP contribution is -2.40. The summed E-state index contributed by atoms with van der Waals surface area (Å²) in [5, 5.41) is 8.76. The molecule has 2 atom stereocenters. The van der Waals surface area contributed by atoms with E-state index >= 15 is 0 Å². The van der Waals surface area contributed by atoms with Crippen LogP contribution in [0.3, 0.4) is 0 Å².